The highest BCUT2D eigenvalue weighted by Crippen LogP contribution is 2.36. The molecule has 0 radical (unpaired) electrons. The summed E-state index contributed by atoms with van der Waals surface area (Å²) in [6, 6.07) is 8.74. The molecule has 0 bridgehead atoms. The van der Waals surface area contributed by atoms with Gasteiger partial charge >= 0.3 is 5.97 Å². The maximum atomic E-state index is 15.6. The van der Waals surface area contributed by atoms with E-state index in [2.05, 4.69) is 5.32 Å². The molecule has 0 aliphatic carbocycles. The van der Waals surface area contributed by atoms with Gasteiger partial charge in [0.05, 0.1) is 5.52 Å². The summed E-state index contributed by atoms with van der Waals surface area (Å²) >= 11 is 0. The Morgan fingerprint density at radius 1 is 1.10 bits per heavy atom. The van der Waals surface area contributed by atoms with E-state index in [4.69, 9.17) is 0 Å². The number of carboxylic acid groups (broad SMARTS) is 1. The Bertz CT molecular complexity index is 1170. The number of rotatable bonds is 3. The lowest BCUT2D eigenvalue weighted by molar-refractivity contribution is 0.0691. The Morgan fingerprint density at radius 2 is 1.76 bits per heavy atom. The number of nitrogens with zero attached hydrogens (tertiary/aromatic N) is 2. The normalized spacial score (nSPS) is 14.3. The predicted molar refractivity (Wildman–Crippen MR) is 103 cm³/mol. The average Bonchev–Trinajstić information content (AvgIpc) is 2.70. The van der Waals surface area contributed by atoms with E-state index in [-0.39, 0.29) is 22.3 Å². The van der Waals surface area contributed by atoms with E-state index in [1.165, 1.54) is 17.0 Å². The van der Waals surface area contributed by atoms with Crippen LogP contribution in [0.2, 0.25) is 0 Å². The first-order valence-electron chi connectivity index (χ1n) is 8.96. The largest absolute Gasteiger partial charge is 0.506 e. The number of anilines is 1. The molecule has 3 N–H and O–H groups in total. The van der Waals surface area contributed by atoms with Crippen molar-refractivity contribution in [2.75, 3.05) is 31.1 Å². The number of hydrogen-bond acceptors (Lipinski definition) is 5. The molecule has 150 valence electrons. The first kappa shape index (κ1) is 18.9. The van der Waals surface area contributed by atoms with Crippen LogP contribution in [0.1, 0.15) is 10.4 Å². The fraction of sp³-hybridized carbons (Fsp3) is 0.200. The Labute approximate surface area is 163 Å². The Morgan fingerprint density at radius 3 is 2.38 bits per heavy atom. The summed E-state index contributed by atoms with van der Waals surface area (Å²) < 4.78 is 31.4. The zero-order valence-electron chi connectivity index (χ0n) is 15.2. The van der Waals surface area contributed by atoms with Crippen LogP contribution in [0.4, 0.5) is 14.5 Å². The molecule has 0 unspecified atom stereocenters. The molecule has 1 aromatic heterocycles. The van der Waals surface area contributed by atoms with Gasteiger partial charge < -0.3 is 20.4 Å². The number of carbonyl (C=O) groups is 1. The topological polar surface area (TPSA) is 94.8 Å². The van der Waals surface area contributed by atoms with Crippen molar-refractivity contribution in [3.05, 3.63) is 63.9 Å². The minimum atomic E-state index is -1.69. The van der Waals surface area contributed by atoms with Gasteiger partial charge in [-0.15, -0.1) is 0 Å². The zero-order valence-corrected chi connectivity index (χ0v) is 15.2. The molecule has 2 heterocycles. The van der Waals surface area contributed by atoms with Crippen LogP contribution in [-0.2, 0) is 0 Å². The number of carboxylic acids is 1. The number of nitrogens with one attached hydrogen (secondary N) is 1. The number of aromatic carboxylic acids is 1. The van der Waals surface area contributed by atoms with Gasteiger partial charge in [0.25, 0.3) is 5.56 Å². The minimum Gasteiger partial charge on any atom is -0.506 e. The van der Waals surface area contributed by atoms with Gasteiger partial charge in [-0.1, -0.05) is 18.2 Å². The van der Waals surface area contributed by atoms with E-state index >= 15 is 4.39 Å². The highest BCUT2D eigenvalue weighted by Gasteiger charge is 2.29. The quantitative estimate of drug-likeness (QED) is 0.622. The fourth-order valence-corrected chi connectivity index (χ4v) is 3.64. The van der Waals surface area contributed by atoms with Crippen LogP contribution in [0.25, 0.3) is 16.6 Å². The van der Waals surface area contributed by atoms with E-state index < -0.39 is 34.5 Å². The third kappa shape index (κ3) is 2.99. The van der Waals surface area contributed by atoms with Gasteiger partial charge in [-0.25, -0.2) is 13.6 Å². The van der Waals surface area contributed by atoms with Crippen molar-refractivity contribution < 1.29 is 23.8 Å². The van der Waals surface area contributed by atoms with E-state index in [1.54, 1.807) is 18.2 Å². The van der Waals surface area contributed by atoms with Crippen molar-refractivity contribution in [3.8, 4) is 11.4 Å². The van der Waals surface area contributed by atoms with E-state index in [0.29, 0.717) is 26.2 Å². The molecule has 0 spiro atoms. The second-order valence-electron chi connectivity index (χ2n) is 6.66. The second-order valence-corrected chi connectivity index (χ2v) is 6.66. The van der Waals surface area contributed by atoms with Crippen LogP contribution in [0.5, 0.6) is 5.75 Å². The molecule has 1 saturated heterocycles. The van der Waals surface area contributed by atoms with Gasteiger partial charge in [0.15, 0.2) is 11.4 Å². The van der Waals surface area contributed by atoms with Gasteiger partial charge in [0.2, 0.25) is 0 Å². The van der Waals surface area contributed by atoms with Crippen LogP contribution in [0.3, 0.4) is 0 Å². The third-order valence-corrected chi connectivity index (χ3v) is 4.96. The molecule has 3 aromatic rings. The summed E-state index contributed by atoms with van der Waals surface area (Å²) in [7, 11) is 0. The zero-order chi connectivity index (χ0) is 20.7. The molecule has 9 heteroatoms. The number of fused-ring (bicyclic) bond motifs is 1. The molecule has 2 aromatic carbocycles. The SMILES string of the molecule is O=C(O)c1c(O)c2cc(F)c(N3CCNCC3)c(F)c2n(-c2ccccc2)c1=O. The number of benzene rings is 2. The number of aromatic hydroxyl groups is 1. The highest BCUT2D eigenvalue weighted by molar-refractivity contribution is 6.00. The summed E-state index contributed by atoms with van der Waals surface area (Å²) in [4.78, 5) is 26.0. The number of aromatic nitrogens is 1. The van der Waals surface area contributed by atoms with Crippen LogP contribution in [0.15, 0.2) is 41.2 Å². The summed E-state index contributed by atoms with van der Waals surface area (Å²) in [6.07, 6.45) is 0. The second kappa shape index (κ2) is 7.17. The lowest BCUT2D eigenvalue weighted by Gasteiger charge is -2.30. The van der Waals surface area contributed by atoms with E-state index in [0.717, 1.165) is 10.6 Å². The van der Waals surface area contributed by atoms with Gasteiger partial charge in [0, 0.05) is 37.3 Å². The molecular weight excluding hydrogens is 384 g/mol. The van der Waals surface area contributed by atoms with Crippen molar-refractivity contribution in [3.63, 3.8) is 0 Å². The maximum absolute atomic E-state index is 15.6. The Kier molecular flexibility index (Phi) is 4.67. The van der Waals surface area contributed by atoms with Gasteiger partial charge in [0.1, 0.15) is 17.3 Å². The molecule has 4 rings (SSSR count). The molecule has 0 saturated carbocycles. The van der Waals surface area contributed by atoms with Crippen molar-refractivity contribution >= 4 is 22.6 Å². The molecule has 0 atom stereocenters. The molecule has 1 fully saturated rings. The number of pyridine rings is 1. The average molecular weight is 401 g/mol. The molecule has 29 heavy (non-hydrogen) atoms. The van der Waals surface area contributed by atoms with Crippen molar-refractivity contribution in [2.24, 2.45) is 0 Å². The molecule has 1 aliphatic heterocycles. The number of hydrogen-bond donors (Lipinski definition) is 3. The molecule has 1 aliphatic rings. The Hall–Kier alpha value is -3.46. The number of halogens is 2. The van der Waals surface area contributed by atoms with E-state index in [9.17, 15) is 24.2 Å². The number of para-hydroxylation sites is 1. The predicted octanol–water partition coefficient (Wildman–Crippen LogP) is 2.08. The van der Waals surface area contributed by atoms with Crippen molar-refractivity contribution in [1.82, 2.24) is 9.88 Å². The monoisotopic (exact) mass is 401 g/mol. The first-order valence-corrected chi connectivity index (χ1v) is 8.96. The molecular formula is C20H17F2N3O4. The van der Waals surface area contributed by atoms with Gasteiger partial charge in [-0.3, -0.25) is 9.36 Å². The standard InChI is InChI=1S/C20H17F2N3O4/c21-13-10-12-16(15(22)17(13)24-8-6-23-7-9-24)25(11-4-2-1-3-5-11)19(27)14(18(12)26)20(28)29/h1-5,10,23,26H,6-9H2,(H,28,29). The van der Waals surface area contributed by atoms with Crippen molar-refractivity contribution in [2.45, 2.75) is 0 Å². The summed E-state index contributed by atoms with van der Waals surface area (Å²) in [6.45, 7) is 1.78. The van der Waals surface area contributed by atoms with E-state index in [1.807, 2.05) is 0 Å². The molecule has 7 nitrogen and oxygen atoms in total. The third-order valence-electron chi connectivity index (χ3n) is 4.96. The fourth-order valence-electron chi connectivity index (χ4n) is 3.64. The van der Waals surface area contributed by atoms with Crippen LogP contribution in [0, 0.1) is 11.6 Å². The van der Waals surface area contributed by atoms with Gasteiger partial charge in [-0.05, 0) is 18.2 Å². The van der Waals surface area contributed by atoms with Crippen LogP contribution >= 0.6 is 0 Å². The minimum absolute atomic E-state index is 0.196. The lowest BCUT2D eigenvalue weighted by atomic mass is 10.1. The summed E-state index contributed by atoms with van der Waals surface area (Å²) in [5.74, 6) is -4.63. The summed E-state index contributed by atoms with van der Waals surface area (Å²) in [5.41, 5.74) is -2.55. The number of piperazine rings is 1. The maximum Gasteiger partial charge on any atom is 0.345 e. The van der Waals surface area contributed by atoms with Gasteiger partial charge in [-0.2, -0.15) is 0 Å². The lowest BCUT2D eigenvalue weighted by Crippen LogP contribution is -2.44. The highest BCUT2D eigenvalue weighted by atomic mass is 19.1. The Balaban J connectivity index is 2.15. The smallest absolute Gasteiger partial charge is 0.345 e. The summed E-state index contributed by atoms with van der Waals surface area (Å²) in [5, 5.41) is 22.5. The van der Waals surface area contributed by atoms with Crippen LogP contribution < -0.4 is 15.8 Å². The van der Waals surface area contributed by atoms with Crippen LogP contribution in [-0.4, -0.2) is 46.9 Å². The van der Waals surface area contributed by atoms with Crippen molar-refractivity contribution in [1.29, 1.82) is 0 Å². The first-order chi connectivity index (χ1) is 13.9. The molecule has 0 amide bonds.